The summed E-state index contributed by atoms with van der Waals surface area (Å²) in [5, 5.41) is 0. The minimum absolute atomic E-state index is 0.0312. The highest BCUT2D eigenvalue weighted by Gasteiger charge is 2.40. The first kappa shape index (κ1) is 35.4. The highest BCUT2D eigenvalue weighted by molar-refractivity contribution is 5.85. The van der Waals surface area contributed by atoms with Crippen LogP contribution >= 0.6 is 0 Å². The van der Waals surface area contributed by atoms with E-state index in [4.69, 9.17) is 9.47 Å². The van der Waals surface area contributed by atoms with E-state index in [2.05, 4.69) is 123 Å². The van der Waals surface area contributed by atoms with E-state index in [-0.39, 0.29) is 5.41 Å². The van der Waals surface area contributed by atoms with Gasteiger partial charge in [0.15, 0.2) is 0 Å². The van der Waals surface area contributed by atoms with Crippen LogP contribution in [0, 0.1) is 0 Å². The molecule has 0 saturated carbocycles. The number of aryl methyl sites for hydroxylation is 2. The van der Waals surface area contributed by atoms with Crippen LogP contribution in [-0.4, -0.2) is 26.4 Å². The van der Waals surface area contributed by atoms with Crippen molar-refractivity contribution in [2.24, 2.45) is 0 Å². The van der Waals surface area contributed by atoms with E-state index in [1.807, 2.05) is 13.8 Å². The van der Waals surface area contributed by atoms with Crippen molar-refractivity contribution in [2.45, 2.75) is 84.5 Å². The number of nitrogens with zero attached hydrogens (tertiary/aromatic N) is 1. The van der Waals surface area contributed by atoms with Crippen molar-refractivity contribution in [2.75, 3.05) is 31.3 Å². The third-order valence-electron chi connectivity index (χ3n) is 9.81. The first-order valence-electron chi connectivity index (χ1n) is 18.0. The third kappa shape index (κ3) is 8.38. The molecule has 0 aliphatic heterocycles. The molecule has 0 saturated heterocycles. The Bertz CT molecular complexity index is 1580. The summed E-state index contributed by atoms with van der Waals surface area (Å²) in [6, 6.07) is 34.5. The molecule has 0 heterocycles. The van der Waals surface area contributed by atoms with Gasteiger partial charge in [-0.1, -0.05) is 92.7 Å². The van der Waals surface area contributed by atoms with Gasteiger partial charge in [-0.05, 0) is 135 Å². The highest BCUT2D eigenvalue weighted by Crippen LogP contribution is 2.54. The molecule has 0 atom stereocenters. The SMILES string of the molecule is C=C(C)COCCCCc1ccc(N(c2ccc(CCCCOCC(=C)C)cc2)c2ccc3c(c2)C(CC)(CC)c2ccccc2-3)cc1. The van der Waals surface area contributed by atoms with Crippen LogP contribution in [0.3, 0.4) is 0 Å². The molecule has 0 spiro atoms. The lowest BCUT2D eigenvalue weighted by molar-refractivity contribution is 0.152. The predicted molar refractivity (Wildman–Crippen MR) is 205 cm³/mol. The number of hydrogen-bond acceptors (Lipinski definition) is 3. The van der Waals surface area contributed by atoms with E-state index >= 15 is 0 Å². The number of rotatable bonds is 19. The van der Waals surface area contributed by atoms with Gasteiger partial charge in [0.2, 0.25) is 0 Å². The molecule has 0 amide bonds. The fraction of sp³-hybridized carbons (Fsp3) is 0.378. The third-order valence-corrected chi connectivity index (χ3v) is 9.81. The van der Waals surface area contributed by atoms with E-state index in [9.17, 15) is 0 Å². The second-order valence-corrected chi connectivity index (χ2v) is 13.7. The summed E-state index contributed by atoms with van der Waals surface area (Å²) in [4.78, 5) is 2.43. The van der Waals surface area contributed by atoms with E-state index in [0.29, 0.717) is 13.2 Å². The first-order chi connectivity index (χ1) is 23.4. The number of fused-ring (bicyclic) bond motifs is 3. The number of ether oxygens (including phenoxy) is 2. The molecule has 1 aliphatic rings. The van der Waals surface area contributed by atoms with Crippen molar-refractivity contribution in [1.29, 1.82) is 0 Å². The van der Waals surface area contributed by atoms with Gasteiger partial charge < -0.3 is 14.4 Å². The zero-order valence-electron chi connectivity index (χ0n) is 29.8. The van der Waals surface area contributed by atoms with Crippen molar-refractivity contribution in [3.63, 3.8) is 0 Å². The van der Waals surface area contributed by atoms with Crippen LogP contribution < -0.4 is 4.90 Å². The average Bonchev–Trinajstić information content (AvgIpc) is 3.38. The van der Waals surface area contributed by atoms with Crippen LogP contribution in [0.5, 0.6) is 0 Å². The molecule has 1 aliphatic carbocycles. The maximum Gasteiger partial charge on any atom is 0.0671 e. The van der Waals surface area contributed by atoms with Crippen LogP contribution in [0.2, 0.25) is 0 Å². The molecule has 252 valence electrons. The van der Waals surface area contributed by atoms with Crippen molar-refractivity contribution in [3.8, 4) is 11.1 Å². The highest BCUT2D eigenvalue weighted by atomic mass is 16.5. The maximum absolute atomic E-state index is 5.70. The van der Waals surface area contributed by atoms with E-state index < -0.39 is 0 Å². The molecule has 4 aromatic rings. The zero-order chi connectivity index (χ0) is 33.9. The lowest BCUT2D eigenvalue weighted by Crippen LogP contribution is -2.23. The van der Waals surface area contributed by atoms with Crippen molar-refractivity contribution in [3.05, 3.63) is 138 Å². The van der Waals surface area contributed by atoms with E-state index in [0.717, 1.165) is 75.7 Å². The van der Waals surface area contributed by atoms with E-state index in [1.165, 1.54) is 50.4 Å². The summed E-state index contributed by atoms with van der Waals surface area (Å²) in [5.74, 6) is 0. The Morgan fingerprint density at radius 2 is 1.06 bits per heavy atom. The second-order valence-electron chi connectivity index (χ2n) is 13.7. The summed E-state index contributed by atoms with van der Waals surface area (Å²) in [6.45, 7) is 19.4. The van der Waals surface area contributed by atoms with E-state index in [1.54, 1.807) is 0 Å². The monoisotopic (exact) mass is 641 g/mol. The summed E-state index contributed by atoms with van der Waals surface area (Å²) < 4.78 is 11.4. The molecule has 3 nitrogen and oxygen atoms in total. The molecule has 48 heavy (non-hydrogen) atoms. The van der Waals surface area contributed by atoms with Gasteiger partial charge in [0.25, 0.3) is 0 Å². The fourth-order valence-electron chi connectivity index (χ4n) is 7.22. The fourth-order valence-corrected chi connectivity index (χ4v) is 7.22. The molecule has 0 radical (unpaired) electrons. The quantitative estimate of drug-likeness (QED) is 0.0751. The summed E-state index contributed by atoms with van der Waals surface area (Å²) in [7, 11) is 0. The summed E-state index contributed by atoms with van der Waals surface area (Å²) in [5.41, 5.74) is 14.2. The Labute approximate surface area is 290 Å². The Kier molecular flexibility index (Phi) is 12.5. The lowest BCUT2D eigenvalue weighted by atomic mass is 9.74. The van der Waals surface area contributed by atoms with Crippen LogP contribution in [0.4, 0.5) is 17.1 Å². The Hall–Kier alpha value is -3.92. The minimum atomic E-state index is 0.0312. The zero-order valence-corrected chi connectivity index (χ0v) is 29.8. The molecule has 0 fully saturated rings. The molecule has 4 aromatic carbocycles. The molecule has 0 unspecified atom stereocenters. The largest absolute Gasteiger partial charge is 0.377 e. The Balaban J connectivity index is 1.39. The van der Waals surface area contributed by atoms with Gasteiger partial charge in [-0.2, -0.15) is 0 Å². The van der Waals surface area contributed by atoms with Crippen molar-refractivity contribution >= 4 is 17.1 Å². The second kappa shape index (κ2) is 17.0. The minimum Gasteiger partial charge on any atom is -0.377 e. The molecule has 0 bridgehead atoms. The average molecular weight is 642 g/mol. The van der Waals surface area contributed by atoms with Crippen molar-refractivity contribution < 1.29 is 9.47 Å². The van der Waals surface area contributed by atoms with Gasteiger partial charge in [0.05, 0.1) is 13.2 Å². The molecule has 0 aromatic heterocycles. The first-order valence-corrected chi connectivity index (χ1v) is 18.0. The van der Waals surface area contributed by atoms with Crippen LogP contribution in [0.1, 0.15) is 88.5 Å². The van der Waals surface area contributed by atoms with Gasteiger partial charge >= 0.3 is 0 Å². The van der Waals surface area contributed by atoms with Gasteiger partial charge in [0, 0.05) is 35.7 Å². The Morgan fingerprint density at radius 3 is 1.56 bits per heavy atom. The van der Waals surface area contributed by atoms with Gasteiger partial charge in [-0.15, -0.1) is 0 Å². The smallest absolute Gasteiger partial charge is 0.0671 e. The number of anilines is 3. The van der Waals surface area contributed by atoms with Gasteiger partial charge in [-0.25, -0.2) is 0 Å². The number of hydrogen-bond donors (Lipinski definition) is 0. The van der Waals surface area contributed by atoms with Gasteiger partial charge in [0.1, 0.15) is 0 Å². The summed E-state index contributed by atoms with van der Waals surface area (Å²) in [6.07, 6.45) is 8.61. The molecule has 3 heteroatoms. The lowest BCUT2D eigenvalue weighted by Gasteiger charge is -2.31. The van der Waals surface area contributed by atoms with Crippen LogP contribution in [0.25, 0.3) is 11.1 Å². The normalized spacial score (nSPS) is 12.8. The number of unbranched alkanes of at least 4 members (excludes halogenated alkanes) is 2. The molecule has 0 N–H and O–H groups in total. The molecular weight excluding hydrogens is 587 g/mol. The Morgan fingerprint density at radius 1 is 0.583 bits per heavy atom. The van der Waals surface area contributed by atoms with Crippen LogP contribution in [-0.2, 0) is 27.7 Å². The number of benzene rings is 4. The van der Waals surface area contributed by atoms with Crippen LogP contribution in [0.15, 0.2) is 115 Å². The van der Waals surface area contributed by atoms with Gasteiger partial charge in [-0.3, -0.25) is 0 Å². The molecular formula is C45H55NO2. The molecule has 5 rings (SSSR count). The maximum atomic E-state index is 5.70. The standard InChI is InChI=1S/C45H55NO2/c1-7-45(8-2)43-18-10-9-17-41(43)42-28-27-40(31-44(42)45)46(38-23-19-36(20-24-38)15-11-13-29-47-32-34(3)4)39-25-21-37(22-26-39)16-12-14-30-48-33-35(5)6/h9-10,17-28,31H,3,5,7-8,11-16,29-30,32-33H2,1-2,4,6H3. The van der Waals surface area contributed by atoms with Crippen molar-refractivity contribution in [1.82, 2.24) is 0 Å². The topological polar surface area (TPSA) is 21.7 Å². The predicted octanol–water partition coefficient (Wildman–Crippen LogP) is 12.1. The summed E-state index contributed by atoms with van der Waals surface area (Å²) >= 11 is 0.